The van der Waals surface area contributed by atoms with Crippen LogP contribution in [0.25, 0.3) is 0 Å². The minimum atomic E-state index is 0. The number of benzene rings is 1. The fourth-order valence-corrected chi connectivity index (χ4v) is 3.87. The molecule has 1 aliphatic heterocycles. The molecule has 0 aliphatic carbocycles. The number of guanidine groups is 1. The second kappa shape index (κ2) is 15.4. The molecular formula is C24H44IN5O3. The van der Waals surface area contributed by atoms with Gasteiger partial charge in [-0.25, -0.2) is 0 Å². The van der Waals surface area contributed by atoms with Crippen LogP contribution in [0.4, 0.5) is 0 Å². The van der Waals surface area contributed by atoms with Gasteiger partial charge in [0.2, 0.25) is 5.75 Å². The number of nitrogens with one attached hydrogen (secondary N) is 1. The molecule has 0 bridgehead atoms. The van der Waals surface area contributed by atoms with Crippen LogP contribution in [0.15, 0.2) is 17.1 Å². The Bertz CT molecular complexity index is 701. The van der Waals surface area contributed by atoms with Gasteiger partial charge in [-0.3, -0.25) is 9.89 Å². The van der Waals surface area contributed by atoms with Gasteiger partial charge in [-0.2, -0.15) is 0 Å². The number of halogens is 1. The van der Waals surface area contributed by atoms with Crippen molar-refractivity contribution < 1.29 is 14.2 Å². The van der Waals surface area contributed by atoms with Crippen LogP contribution in [-0.2, 0) is 6.54 Å². The largest absolute Gasteiger partial charge is 0.493 e. The van der Waals surface area contributed by atoms with Gasteiger partial charge in [-0.1, -0.05) is 6.92 Å². The first kappa shape index (κ1) is 29.6. The number of aliphatic imine (C=N–C) groups is 1. The third kappa shape index (κ3) is 8.68. The highest BCUT2D eigenvalue weighted by atomic mass is 127. The van der Waals surface area contributed by atoms with Crippen molar-refractivity contribution >= 4 is 29.9 Å². The smallest absolute Gasteiger partial charge is 0.203 e. The molecule has 1 unspecified atom stereocenters. The number of nitrogens with zero attached hydrogens (tertiary/aromatic N) is 4. The number of hydrogen-bond acceptors (Lipinski definition) is 6. The fourth-order valence-electron chi connectivity index (χ4n) is 3.87. The van der Waals surface area contributed by atoms with Gasteiger partial charge in [0.1, 0.15) is 0 Å². The zero-order valence-electron chi connectivity index (χ0n) is 21.5. The topological polar surface area (TPSA) is 61.8 Å². The number of likely N-dealkylation sites (N-methyl/N-ethyl adjacent to an activating group) is 1. The molecule has 0 spiro atoms. The summed E-state index contributed by atoms with van der Waals surface area (Å²) in [5, 5.41) is 3.47. The average molecular weight is 578 g/mol. The van der Waals surface area contributed by atoms with Crippen LogP contribution in [0, 0.1) is 0 Å². The van der Waals surface area contributed by atoms with E-state index in [1.807, 2.05) is 12.1 Å². The number of rotatable bonds is 11. The summed E-state index contributed by atoms with van der Waals surface area (Å²) in [6.45, 7) is 14.0. The summed E-state index contributed by atoms with van der Waals surface area (Å²) < 4.78 is 16.4. The molecule has 0 saturated carbocycles. The maximum absolute atomic E-state index is 5.50. The Morgan fingerprint density at radius 2 is 1.67 bits per heavy atom. The summed E-state index contributed by atoms with van der Waals surface area (Å²) in [5.41, 5.74) is 1.15. The van der Waals surface area contributed by atoms with Crippen LogP contribution in [0.2, 0.25) is 0 Å². The standard InChI is InChI=1S/C24H43N5O3.HI/c1-8-19(3)27(4)11-10-26-24(25-9-2)29-14-12-28(13-15-29)18-20-16-21(30-5)23(32-7)22(17-20)31-6;/h16-17,19H,8-15,18H2,1-7H3,(H,25,26);1H. The molecule has 1 aromatic rings. The normalized spacial score (nSPS) is 15.8. The third-order valence-corrected chi connectivity index (χ3v) is 6.19. The summed E-state index contributed by atoms with van der Waals surface area (Å²) in [6.07, 6.45) is 1.16. The van der Waals surface area contributed by atoms with Crippen LogP contribution in [-0.4, -0.2) is 101 Å². The average Bonchev–Trinajstić information content (AvgIpc) is 2.82. The molecule has 1 saturated heterocycles. The van der Waals surface area contributed by atoms with E-state index in [2.05, 4.69) is 47.8 Å². The van der Waals surface area contributed by atoms with Gasteiger partial charge in [0.25, 0.3) is 0 Å². The van der Waals surface area contributed by atoms with Crippen molar-refractivity contribution in [3.63, 3.8) is 0 Å². The van der Waals surface area contributed by atoms with E-state index >= 15 is 0 Å². The van der Waals surface area contributed by atoms with Crippen LogP contribution in [0.3, 0.4) is 0 Å². The lowest BCUT2D eigenvalue weighted by Crippen LogP contribution is -2.52. The van der Waals surface area contributed by atoms with Crippen LogP contribution >= 0.6 is 24.0 Å². The molecule has 1 atom stereocenters. The fraction of sp³-hybridized carbons (Fsp3) is 0.708. The lowest BCUT2D eigenvalue weighted by atomic mass is 10.1. The van der Waals surface area contributed by atoms with Gasteiger partial charge >= 0.3 is 0 Å². The summed E-state index contributed by atoms with van der Waals surface area (Å²) in [5.74, 6) is 3.06. The van der Waals surface area contributed by atoms with Gasteiger partial charge in [-0.05, 0) is 45.0 Å². The molecule has 1 aromatic carbocycles. The third-order valence-electron chi connectivity index (χ3n) is 6.19. The van der Waals surface area contributed by atoms with Gasteiger partial charge < -0.3 is 29.3 Å². The molecule has 33 heavy (non-hydrogen) atoms. The second-order valence-corrected chi connectivity index (χ2v) is 8.27. The Hall–Kier alpha value is -1.46. The van der Waals surface area contributed by atoms with Gasteiger partial charge in [-0.15, -0.1) is 24.0 Å². The molecule has 0 radical (unpaired) electrons. The SMILES string of the molecule is CCNC(=NCCN(C)C(C)CC)N1CCN(Cc2cc(OC)c(OC)c(OC)c2)CC1.I. The predicted octanol–water partition coefficient (Wildman–Crippen LogP) is 3.14. The van der Waals surface area contributed by atoms with Gasteiger partial charge in [0.15, 0.2) is 17.5 Å². The van der Waals surface area contributed by atoms with E-state index in [4.69, 9.17) is 19.2 Å². The van der Waals surface area contributed by atoms with Crippen molar-refractivity contribution in [2.45, 2.75) is 39.8 Å². The van der Waals surface area contributed by atoms with E-state index < -0.39 is 0 Å². The Morgan fingerprint density at radius 3 is 2.15 bits per heavy atom. The number of piperazine rings is 1. The highest BCUT2D eigenvalue weighted by molar-refractivity contribution is 14.0. The molecule has 1 aliphatic rings. The lowest BCUT2D eigenvalue weighted by molar-refractivity contribution is 0.172. The highest BCUT2D eigenvalue weighted by Gasteiger charge is 2.21. The van der Waals surface area contributed by atoms with E-state index in [0.29, 0.717) is 23.3 Å². The first-order valence-electron chi connectivity index (χ1n) is 11.7. The van der Waals surface area contributed by atoms with E-state index in [-0.39, 0.29) is 24.0 Å². The van der Waals surface area contributed by atoms with E-state index in [0.717, 1.165) is 70.3 Å². The Labute approximate surface area is 217 Å². The van der Waals surface area contributed by atoms with E-state index in [9.17, 15) is 0 Å². The lowest BCUT2D eigenvalue weighted by Gasteiger charge is -2.36. The van der Waals surface area contributed by atoms with Crippen LogP contribution in [0.5, 0.6) is 17.2 Å². The summed E-state index contributed by atoms with van der Waals surface area (Å²) in [6, 6.07) is 4.66. The maximum atomic E-state index is 5.50. The van der Waals surface area contributed by atoms with E-state index in [1.165, 1.54) is 0 Å². The summed E-state index contributed by atoms with van der Waals surface area (Å²) in [7, 11) is 7.12. The quantitative estimate of drug-likeness (QED) is 0.247. The number of methoxy groups -OCH3 is 3. The summed E-state index contributed by atoms with van der Waals surface area (Å²) in [4.78, 5) is 12.1. The first-order valence-corrected chi connectivity index (χ1v) is 11.7. The molecule has 1 fully saturated rings. The predicted molar refractivity (Wildman–Crippen MR) is 147 cm³/mol. The molecule has 8 nitrogen and oxygen atoms in total. The molecule has 9 heteroatoms. The van der Waals surface area contributed by atoms with Crippen molar-refractivity contribution in [2.75, 3.05) is 74.2 Å². The molecular weight excluding hydrogens is 533 g/mol. The Balaban J connectivity index is 0.00000544. The molecule has 1 N–H and O–H groups in total. The zero-order valence-corrected chi connectivity index (χ0v) is 23.8. The molecule has 2 rings (SSSR count). The van der Waals surface area contributed by atoms with Gasteiger partial charge in [0.05, 0.1) is 27.9 Å². The minimum Gasteiger partial charge on any atom is -0.493 e. The molecule has 190 valence electrons. The molecule has 0 amide bonds. The number of ether oxygens (including phenoxy) is 3. The minimum absolute atomic E-state index is 0. The van der Waals surface area contributed by atoms with Crippen molar-refractivity contribution in [1.29, 1.82) is 0 Å². The molecule has 0 aromatic heterocycles. The van der Waals surface area contributed by atoms with Crippen LogP contribution < -0.4 is 19.5 Å². The second-order valence-electron chi connectivity index (χ2n) is 8.27. The van der Waals surface area contributed by atoms with Gasteiger partial charge in [0, 0.05) is 51.9 Å². The Morgan fingerprint density at radius 1 is 1.06 bits per heavy atom. The molecule has 1 heterocycles. The number of hydrogen-bond donors (Lipinski definition) is 1. The maximum Gasteiger partial charge on any atom is 0.203 e. The zero-order chi connectivity index (χ0) is 23.5. The Kier molecular flexibility index (Phi) is 13.8. The van der Waals surface area contributed by atoms with Crippen molar-refractivity contribution in [2.24, 2.45) is 4.99 Å². The van der Waals surface area contributed by atoms with Crippen molar-refractivity contribution in [3.8, 4) is 17.2 Å². The van der Waals surface area contributed by atoms with Crippen molar-refractivity contribution in [3.05, 3.63) is 17.7 Å². The summed E-state index contributed by atoms with van der Waals surface area (Å²) >= 11 is 0. The highest BCUT2D eigenvalue weighted by Crippen LogP contribution is 2.38. The first-order chi connectivity index (χ1) is 15.5. The monoisotopic (exact) mass is 577 g/mol. The van der Waals surface area contributed by atoms with Crippen molar-refractivity contribution in [1.82, 2.24) is 20.0 Å². The van der Waals surface area contributed by atoms with E-state index in [1.54, 1.807) is 21.3 Å². The van der Waals surface area contributed by atoms with Crippen LogP contribution in [0.1, 0.15) is 32.8 Å².